The third kappa shape index (κ3) is 3.09. The number of halogens is 2. The van der Waals surface area contributed by atoms with E-state index in [1.165, 1.54) is 12.1 Å². The van der Waals surface area contributed by atoms with E-state index in [1.54, 1.807) is 6.07 Å². The molecule has 1 heterocycles. The van der Waals surface area contributed by atoms with Gasteiger partial charge in [0.05, 0.1) is 5.69 Å². The van der Waals surface area contributed by atoms with E-state index in [4.69, 9.17) is 11.6 Å². The summed E-state index contributed by atoms with van der Waals surface area (Å²) in [4.78, 5) is 8.69. The van der Waals surface area contributed by atoms with E-state index in [-0.39, 0.29) is 5.82 Å². The zero-order valence-electron chi connectivity index (χ0n) is 11.3. The monoisotopic (exact) mass is 298 g/mol. The maximum Gasteiger partial charge on any atom is 0.161 e. The summed E-state index contributed by atoms with van der Waals surface area (Å²) in [6, 6.07) is 16.1. The Hall–Kier alpha value is -2.26. The highest BCUT2D eigenvalue weighted by Gasteiger charge is 2.09. The minimum atomic E-state index is -0.310. The minimum Gasteiger partial charge on any atom is -0.228 e. The first kappa shape index (κ1) is 13.7. The van der Waals surface area contributed by atoms with Crippen molar-refractivity contribution in [3.8, 4) is 22.6 Å². The first-order valence-electron chi connectivity index (χ1n) is 6.49. The fraction of sp³-hybridized carbons (Fsp3) is 0.0588. The topological polar surface area (TPSA) is 25.8 Å². The van der Waals surface area contributed by atoms with Gasteiger partial charge in [-0.15, -0.1) is 0 Å². The molecule has 0 radical (unpaired) electrons. The summed E-state index contributed by atoms with van der Waals surface area (Å²) in [5.74, 6) is 0.110. The summed E-state index contributed by atoms with van der Waals surface area (Å²) in [5, 5.41) is 0.334. The number of rotatable bonds is 2. The molecule has 0 amide bonds. The van der Waals surface area contributed by atoms with Gasteiger partial charge in [-0.3, -0.25) is 0 Å². The molecule has 3 aromatic rings. The highest BCUT2D eigenvalue weighted by atomic mass is 35.5. The molecule has 0 fully saturated rings. The van der Waals surface area contributed by atoms with Crippen molar-refractivity contribution < 1.29 is 4.39 Å². The highest BCUT2D eigenvalue weighted by Crippen LogP contribution is 2.25. The molecular formula is C17H12ClFN2. The number of aromatic nitrogens is 2. The van der Waals surface area contributed by atoms with Gasteiger partial charge in [-0.1, -0.05) is 41.9 Å². The summed E-state index contributed by atoms with van der Waals surface area (Å²) >= 11 is 6.08. The third-order valence-corrected chi connectivity index (χ3v) is 3.26. The van der Waals surface area contributed by atoms with E-state index in [1.807, 2.05) is 43.3 Å². The van der Waals surface area contributed by atoms with Crippen LogP contribution in [0.2, 0.25) is 5.15 Å². The Balaban J connectivity index is 2.14. The largest absolute Gasteiger partial charge is 0.228 e. The van der Waals surface area contributed by atoms with Crippen LogP contribution in [-0.2, 0) is 0 Å². The van der Waals surface area contributed by atoms with Crippen LogP contribution in [-0.4, -0.2) is 9.97 Å². The van der Waals surface area contributed by atoms with Crippen LogP contribution >= 0.6 is 11.6 Å². The van der Waals surface area contributed by atoms with Gasteiger partial charge in [0.1, 0.15) is 11.0 Å². The second kappa shape index (κ2) is 5.62. The van der Waals surface area contributed by atoms with Crippen molar-refractivity contribution in [3.05, 3.63) is 71.1 Å². The van der Waals surface area contributed by atoms with Gasteiger partial charge < -0.3 is 0 Å². The Morgan fingerprint density at radius 1 is 0.905 bits per heavy atom. The van der Waals surface area contributed by atoms with E-state index in [0.29, 0.717) is 22.2 Å². The summed E-state index contributed by atoms with van der Waals surface area (Å²) in [5.41, 5.74) is 3.09. The first-order chi connectivity index (χ1) is 10.1. The molecule has 4 heteroatoms. The molecule has 0 atom stereocenters. The van der Waals surface area contributed by atoms with Gasteiger partial charge in [-0.05, 0) is 30.7 Å². The van der Waals surface area contributed by atoms with E-state index in [2.05, 4.69) is 9.97 Å². The Bertz CT molecular complexity index is 768. The molecule has 0 saturated heterocycles. The number of hydrogen-bond donors (Lipinski definition) is 0. The number of hydrogen-bond acceptors (Lipinski definition) is 2. The quantitative estimate of drug-likeness (QED) is 0.628. The van der Waals surface area contributed by atoms with Gasteiger partial charge in [0.25, 0.3) is 0 Å². The molecule has 0 N–H and O–H groups in total. The second-order valence-corrected chi connectivity index (χ2v) is 5.17. The average molecular weight is 299 g/mol. The van der Waals surface area contributed by atoms with Crippen LogP contribution < -0.4 is 0 Å². The summed E-state index contributed by atoms with van der Waals surface area (Å²) in [7, 11) is 0. The summed E-state index contributed by atoms with van der Waals surface area (Å²) < 4.78 is 13.5. The van der Waals surface area contributed by atoms with E-state index in [0.717, 1.165) is 11.1 Å². The van der Waals surface area contributed by atoms with Crippen molar-refractivity contribution >= 4 is 11.6 Å². The molecule has 2 aromatic carbocycles. The molecule has 0 spiro atoms. The third-order valence-electron chi connectivity index (χ3n) is 3.06. The molecule has 0 bridgehead atoms. The number of nitrogens with zero attached hydrogens (tertiary/aromatic N) is 2. The molecular weight excluding hydrogens is 287 g/mol. The summed E-state index contributed by atoms with van der Waals surface area (Å²) in [6.07, 6.45) is 0. The van der Waals surface area contributed by atoms with Crippen molar-refractivity contribution in [2.45, 2.75) is 6.92 Å². The first-order valence-corrected chi connectivity index (χ1v) is 6.87. The van der Waals surface area contributed by atoms with Crippen LogP contribution in [0.25, 0.3) is 22.6 Å². The predicted molar refractivity (Wildman–Crippen MR) is 82.6 cm³/mol. The van der Waals surface area contributed by atoms with Crippen LogP contribution in [0.3, 0.4) is 0 Å². The lowest BCUT2D eigenvalue weighted by molar-refractivity contribution is 0.627. The molecule has 1 aromatic heterocycles. The normalized spacial score (nSPS) is 10.6. The number of benzene rings is 2. The Labute approximate surface area is 127 Å². The molecule has 0 aliphatic carbocycles. The van der Waals surface area contributed by atoms with E-state index >= 15 is 0 Å². The predicted octanol–water partition coefficient (Wildman–Crippen LogP) is 4.91. The molecule has 0 unspecified atom stereocenters. The van der Waals surface area contributed by atoms with Gasteiger partial charge in [-0.25, -0.2) is 14.4 Å². The minimum absolute atomic E-state index is 0.310. The molecule has 104 valence electrons. The number of aryl methyl sites for hydroxylation is 1. The zero-order valence-corrected chi connectivity index (χ0v) is 12.1. The van der Waals surface area contributed by atoms with Crippen molar-refractivity contribution in [2.24, 2.45) is 0 Å². The van der Waals surface area contributed by atoms with Crippen LogP contribution in [0.1, 0.15) is 5.56 Å². The fourth-order valence-electron chi connectivity index (χ4n) is 2.17. The van der Waals surface area contributed by atoms with Crippen LogP contribution in [0.5, 0.6) is 0 Å². The molecule has 2 nitrogen and oxygen atoms in total. The maximum atomic E-state index is 13.5. The highest BCUT2D eigenvalue weighted by molar-refractivity contribution is 6.29. The lowest BCUT2D eigenvalue weighted by Crippen LogP contribution is -1.94. The molecule has 0 aliphatic heterocycles. The summed E-state index contributed by atoms with van der Waals surface area (Å²) in [6.45, 7) is 1.83. The van der Waals surface area contributed by atoms with Gasteiger partial charge in [-0.2, -0.15) is 0 Å². The standard InChI is InChI=1S/C17H12ClFN2/c1-11-7-13(9-14(19)8-11)17-20-15(10-16(18)21-17)12-5-3-2-4-6-12/h2-10H,1H3. The van der Waals surface area contributed by atoms with Crippen molar-refractivity contribution in [3.63, 3.8) is 0 Å². The van der Waals surface area contributed by atoms with Crippen molar-refractivity contribution in [1.29, 1.82) is 0 Å². The van der Waals surface area contributed by atoms with Gasteiger partial charge in [0, 0.05) is 17.2 Å². The Morgan fingerprint density at radius 2 is 1.67 bits per heavy atom. The van der Waals surface area contributed by atoms with Crippen LogP contribution in [0.15, 0.2) is 54.6 Å². The lowest BCUT2D eigenvalue weighted by Gasteiger charge is -2.06. The zero-order chi connectivity index (χ0) is 14.8. The van der Waals surface area contributed by atoms with Crippen molar-refractivity contribution in [2.75, 3.05) is 0 Å². The van der Waals surface area contributed by atoms with E-state index in [9.17, 15) is 4.39 Å². The fourth-order valence-corrected chi connectivity index (χ4v) is 2.35. The van der Waals surface area contributed by atoms with E-state index < -0.39 is 0 Å². The Kier molecular flexibility index (Phi) is 3.67. The smallest absolute Gasteiger partial charge is 0.161 e. The SMILES string of the molecule is Cc1cc(F)cc(-c2nc(Cl)cc(-c3ccccc3)n2)c1. The molecule has 0 aliphatic rings. The molecule has 3 rings (SSSR count). The van der Waals surface area contributed by atoms with Gasteiger partial charge >= 0.3 is 0 Å². The lowest BCUT2D eigenvalue weighted by atomic mass is 10.1. The molecule has 0 saturated carbocycles. The Morgan fingerprint density at radius 3 is 2.38 bits per heavy atom. The van der Waals surface area contributed by atoms with Crippen molar-refractivity contribution in [1.82, 2.24) is 9.97 Å². The second-order valence-electron chi connectivity index (χ2n) is 4.78. The average Bonchev–Trinajstić information content (AvgIpc) is 2.46. The van der Waals surface area contributed by atoms with Gasteiger partial charge in [0.2, 0.25) is 0 Å². The molecule has 21 heavy (non-hydrogen) atoms. The van der Waals surface area contributed by atoms with Gasteiger partial charge in [0.15, 0.2) is 5.82 Å². The maximum absolute atomic E-state index is 13.5. The van der Waals surface area contributed by atoms with Crippen LogP contribution in [0, 0.1) is 12.7 Å². The van der Waals surface area contributed by atoms with Crippen LogP contribution in [0.4, 0.5) is 4.39 Å².